The number of aldehydes is 1. The lowest BCUT2D eigenvalue weighted by Gasteiger charge is -2.17. The Morgan fingerprint density at radius 1 is 0.905 bits per heavy atom. The molecule has 0 fully saturated rings. The van der Waals surface area contributed by atoms with Crippen molar-refractivity contribution in [3.63, 3.8) is 0 Å². The van der Waals surface area contributed by atoms with Crippen molar-refractivity contribution in [2.45, 2.75) is 6.42 Å². The van der Waals surface area contributed by atoms with Crippen molar-refractivity contribution in [2.24, 2.45) is 0 Å². The Balaban J connectivity index is 2.91. The van der Waals surface area contributed by atoms with E-state index in [0.717, 1.165) is 22.6 Å². The minimum Gasteiger partial charge on any atom is -0.496 e. The molecule has 0 N–H and O–H groups in total. The van der Waals surface area contributed by atoms with Crippen LogP contribution in [0.15, 0.2) is 18.2 Å². The van der Waals surface area contributed by atoms with E-state index >= 15 is 0 Å². The summed E-state index contributed by atoms with van der Waals surface area (Å²) in [5, 5.41) is 1.57. The Hall–Kier alpha value is -2.43. The summed E-state index contributed by atoms with van der Waals surface area (Å²) in [4.78, 5) is 10.9. The quantitative estimate of drug-likeness (QED) is 0.765. The van der Waals surface area contributed by atoms with E-state index in [1.54, 1.807) is 40.6 Å². The third-order valence-electron chi connectivity index (χ3n) is 3.36. The number of fused-ring (bicyclic) bond motifs is 1. The lowest BCUT2D eigenvalue weighted by Crippen LogP contribution is -1.99. The van der Waals surface area contributed by atoms with Crippen molar-refractivity contribution in [3.05, 3.63) is 23.8 Å². The second-order valence-electron chi connectivity index (χ2n) is 4.37. The molecule has 0 aliphatic rings. The summed E-state index contributed by atoms with van der Waals surface area (Å²) in [5.41, 5.74) is 0.768. The number of hydrogen-bond donors (Lipinski definition) is 0. The molecule has 0 aliphatic carbocycles. The maximum atomic E-state index is 10.9. The highest BCUT2D eigenvalue weighted by Crippen LogP contribution is 2.45. The van der Waals surface area contributed by atoms with Crippen molar-refractivity contribution < 1.29 is 23.7 Å². The number of hydrogen-bond acceptors (Lipinski definition) is 5. The predicted octanol–water partition coefficient (Wildman–Crippen LogP) is 2.62. The van der Waals surface area contributed by atoms with Gasteiger partial charge >= 0.3 is 0 Å². The molecule has 5 heteroatoms. The first-order chi connectivity index (χ1) is 10.2. The largest absolute Gasteiger partial charge is 0.496 e. The standard InChI is InChI=1S/C16H18O5/c1-18-12-6-5-11-14(16(12)21-4)13(19-2)9-10(7-8-17)15(11)20-3/h5-6,8-9H,7H2,1-4H3. The Bertz CT molecular complexity index is 664. The van der Waals surface area contributed by atoms with E-state index in [1.165, 1.54) is 0 Å². The molecule has 0 saturated heterocycles. The van der Waals surface area contributed by atoms with Gasteiger partial charge in [-0.05, 0) is 18.2 Å². The first kappa shape index (κ1) is 15.0. The zero-order valence-electron chi connectivity index (χ0n) is 12.6. The van der Waals surface area contributed by atoms with Gasteiger partial charge in [0, 0.05) is 17.4 Å². The van der Waals surface area contributed by atoms with Gasteiger partial charge in [0.05, 0.1) is 33.8 Å². The van der Waals surface area contributed by atoms with E-state index in [1.807, 2.05) is 6.07 Å². The van der Waals surface area contributed by atoms with Crippen molar-refractivity contribution in [1.29, 1.82) is 0 Å². The number of carbonyl (C=O) groups is 1. The Morgan fingerprint density at radius 3 is 2.10 bits per heavy atom. The topological polar surface area (TPSA) is 54.0 Å². The molecule has 0 aromatic heterocycles. The maximum absolute atomic E-state index is 10.9. The van der Waals surface area contributed by atoms with E-state index in [2.05, 4.69) is 0 Å². The molecule has 0 aliphatic heterocycles. The fourth-order valence-corrected chi connectivity index (χ4v) is 2.47. The van der Waals surface area contributed by atoms with Crippen LogP contribution >= 0.6 is 0 Å². The van der Waals surface area contributed by atoms with Gasteiger partial charge < -0.3 is 23.7 Å². The van der Waals surface area contributed by atoms with Crippen LogP contribution in [0, 0.1) is 0 Å². The third kappa shape index (κ3) is 2.46. The molecule has 0 atom stereocenters. The zero-order chi connectivity index (χ0) is 15.4. The lowest BCUT2D eigenvalue weighted by molar-refractivity contribution is -0.107. The second-order valence-corrected chi connectivity index (χ2v) is 4.37. The van der Waals surface area contributed by atoms with E-state index in [-0.39, 0.29) is 6.42 Å². The molecule has 112 valence electrons. The van der Waals surface area contributed by atoms with Crippen LogP contribution in [-0.2, 0) is 11.2 Å². The summed E-state index contributed by atoms with van der Waals surface area (Å²) in [6, 6.07) is 5.46. The van der Waals surface area contributed by atoms with Gasteiger partial charge in [0.25, 0.3) is 0 Å². The monoisotopic (exact) mass is 290 g/mol. The van der Waals surface area contributed by atoms with Gasteiger partial charge in [-0.3, -0.25) is 0 Å². The van der Waals surface area contributed by atoms with Crippen molar-refractivity contribution in [1.82, 2.24) is 0 Å². The SMILES string of the molecule is COc1ccc2c(OC)c(CC=O)cc(OC)c2c1OC. The van der Waals surface area contributed by atoms with Gasteiger partial charge in [0.15, 0.2) is 11.5 Å². The fourth-order valence-electron chi connectivity index (χ4n) is 2.47. The maximum Gasteiger partial charge on any atom is 0.172 e. The first-order valence-electron chi connectivity index (χ1n) is 6.44. The van der Waals surface area contributed by atoms with Crippen molar-refractivity contribution in [3.8, 4) is 23.0 Å². The second kappa shape index (κ2) is 6.35. The number of carbonyl (C=O) groups excluding carboxylic acids is 1. The predicted molar refractivity (Wildman–Crippen MR) is 79.9 cm³/mol. The molecular weight excluding hydrogens is 272 g/mol. The van der Waals surface area contributed by atoms with Crippen molar-refractivity contribution >= 4 is 17.1 Å². The molecule has 2 rings (SSSR count). The average molecular weight is 290 g/mol. The van der Waals surface area contributed by atoms with Crippen LogP contribution in [0.5, 0.6) is 23.0 Å². The number of methoxy groups -OCH3 is 4. The molecular formula is C16H18O5. The van der Waals surface area contributed by atoms with Gasteiger partial charge in [-0.25, -0.2) is 0 Å². The first-order valence-corrected chi connectivity index (χ1v) is 6.44. The van der Waals surface area contributed by atoms with E-state index < -0.39 is 0 Å². The van der Waals surface area contributed by atoms with Gasteiger partial charge in [-0.15, -0.1) is 0 Å². The molecule has 5 nitrogen and oxygen atoms in total. The molecule has 0 saturated carbocycles. The van der Waals surface area contributed by atoms with Gasteiger partial charge in [0.2, 0.25) is 0 Å². The number of rotatable bonds is 6. The highest BCUT2D eigenvalue weighted by molar-refractivity contribution is 6.01. The molecule has 0 heterocycles. The van der Waals surface area contributed by atoms with Crippen LogP contribution in [0.2, 0.25) is 0 Å². The lowest BCUT2D eigenvalue weighted by atomic mass is 10.0. The summed E-state index contributed by atoms with van der Waals surface area (Å²) >= 11 is 0. The Labute approximate surface area is 123 Å². The van der Waals surface area contributed by atoms with Gasteiger partial charge in [-0.2, -0.15) is 0 Å². The number of benzene rings is 2. The molecule has 21 heavy (non-hydrogen) atoms. The van der Waals surface area contributed by atoms with Gasteiger partial charge in [0.1, 0.15) is 17.8 Å². The summed E-state index contributed by atoms with van der Waals surface area (Å²) in [5.74, 6) is 2.42. The summed E-state index contributed by atoms with van der Waals surface area (Å²) in [6.07, 6.45) is 1.09. The molecule has 0 spiro atoms. The van der Waals surface area contributed by atoms with Gasteiger partial charge in [-0.1, -0.05) is 0 Å². The summed E-state index contributed by atoms with van der Waals surface area (Å²) < 4.78 is 21.7. The van der Waals surface area contributed by atoms with Crippen LogP contribution in [0.4, 0.5) is 0 Å². The molecule has 0 radical (unpaired) electrons. The Kier molecular flexibility index (Phi) is 4.52. The van der Waals surface area contributed by atoms with Crippen molar-refractivity contribution in [2.75, 3.05) is 28.4 Å². The Morgan fingerprint density at radius 2 is 1.57 bits per heavy atom. The smallest absolute Gasteiger partial charge is 0.172 e. The van der Waals surface area contributed by atoms with Crippen LogP contribution in [0.25, 0.3) is 10.8 Å². The molecule has 0 bridgehead atoms. The third-order valence-corrected chi connectivity index (χ3v) is 3.36. The van der Waals surface area contributed by atoms with Crippen LogP contribution in [0.1, 0.15) is 5.56 Å². The molecule has 0 amide bonds. The molecule has 0 unspecified atom stereocenters. The highest BCUT2D eigenvalue weighted by atomic mass is 16.5. The fraction of sp³-hybridized carbons (Fsp3) is 0.312. The highest BCUT2D eigenvalue weighted by Gasteiger charge is 2.19. The van der Waals surface area contributed by atoms with E-state index in [4.69, 9.17) is 18.9 Å². The van der Waals surface area contributed by atoms with Crippen LogP contribution in [-0.4, -0.2) is 34.7 Å². The van der Waals surface area contributed by atoms with E-state index in [0.29, 0.717) is 23.0 Å². The average Bonchev–Trinajstić information content (AvgIpc) is 2.52. The summed E-state index contributed by atoms with van der Waals surface area (Å²) in [6.45, 7) is 0. The minimum absolute atomic E-state index is 0.254. The van der Waals surface area contributed by atoms with E-state index in [9.17, 15) is 4.79 Å². The van der Waals surface area contributed by atoms with Crippen LogP contribution in [0.3, 0.4) is 0 Å². The molecule has 2 aromatic carbocycles. The minimum atomic E-state index is 0.254. The normalized spacial score (nSPS) is 10.3. The molecule has 2 aromatic rings. The zero-order valence-corrected chi connectivity index (χ0v) is 12.6. The number of ether oxygens (including phenoxy) is 4. The summed E-state index contributed by atoms with van der Waals surface area (Å²) in [7, 11) is 6.30. The van der Waals surface area contributed by atoms with Crippen LogP contribution < -0.4 is 18.9 Å².